The van der Waals surface area contributed by atoms with E-state index in [1.54, 1.807) is 12.1 Å². The van der Waals surface area contributed by atoms with Crippen molar-refractivity contribution < 1.29 is 13.7 Å². The summed E-state index contributed by atoms with van der Waals surface area (Å²) in [5.41, 5.74) is 6.37. The quantitative estimate of drug-likeness (QED) is 0.822. The second-order valence-electron chi connectivity index (χ2n) is 5.79. The number of carbonyl (C=O) groups excluding carboxylic acids is 1. The van der Waals surface area contributed by atoms with E-state index < -0.39 is 0 Å². The number of ketones is 1. The summed E-state index contributed by atoms with van der Waals surface area (Å²) in [4.78, 5) is 19.7. The third kappa shape index (κ3) is 3.60. The van der Waals surface area contributed by atoms with Gasteiger partial charge < -0.3 is 15.2 Å². The van der Waals surface area contributed by atoms with Crippen molar-refractivity contribution in [1.82, 2.24) is 15.0 Å². The van der Waals surface area contributed by atoms with Crippen molar-refractivity contribution in [2.75, 3.05) is 31.1 Å². The summed E-state index contributed by atoms with van der Waals surface area (Å²) in [5, 5.41) is 3.89. The van der Waals surface area contributed by atoms with Crippen LogP contribution in [0.2, 0.25) is 0 Å². The van der Waals surface area contributed by atoms with Crippen LogP contribution in [0, 0.1) is 5.82 Å². The summed E-state index contributed by atoms with van der Waals surface area (Å²) in [5.74, 6) is 0.543. The first-order valence-corrected chi connectivity index (χ1v) is 7.86. The molecule has 1 aromatic heterocycles. The van der Waals surface area contributed by atoms with Crippen molar-refractivity contribution in [1.29, 1.82) is 0 Å². The SMILES string of the molecule is CC(=O)c1ccc(N2CCN(Cc3noc(CN)n3)CC2)c(F)c1. The first-order chi connectivity index (χ1) is 11.6. The van der Waals surface area contributed by atoms with E-state index in [1.165, 1.54) is 13.0 Å². The van der Waals surface area contributed by atoms with E-state index in [4.69, 9.17) is 10.3 Å². The fourth-order valence-electron chi connectivity index (χ4n) is 2.77. The molecule has 7 nitrogen and oxygen atoms in total. The lowest BCUT2D eigenvalue weighted by Crippen LogP contribution is -2.46. The van der Waals surface area contributed by atoms with Gasteiger partial charge in [0.05, 0.1) is 18.8 Å². The lowest BCUT2D eigenvalue weighted by atomic mass is 10.1. The smallest absolute Gasteiger partial charge is 0.240 e. The summed E-state index contributed by atoms with van der Waals surface area (Å²) in [7, 11) is 0. The normalized spacial score (nSPS) is 15.7. The molecule has 1 saturated heterocycles. The number of hydrogen-bond acceptors (Lipinski definition) is 7. The Bertz CT molecular complexity index is 725. The first kappa shape index (κ1) is 16.5. The molecule has 2 aromatic rings. The number of benzene rings is 1. The standard InChI is InChI=1S/C16H20FN5O2/c1-11(23)12-2-3-14(13(17)8-12)22-6-4-21(5-7-22)10-15-19-16(9-18)24-20-15/h2-3,8H,4-7,9-10,18H2,1H3. The van der Waals surface area contributed by atoms with E-state index in [-0.39, 0.29) is 18.1 Å². The minimum absolute atomic E-state index is 0.137. The van der Waals surface area contributed by atoms with Crippen LogP contribution in [-0.2, 0) is 13.1 Å². The Kier molecular flexibility index (Phi) is 4.86. The molecular weight excluding hydrogens is 313 g/mol. The molecule has 1 aromatic carbocycles. The number of halogens is 1. The van der Waals surface area contributed by atoms with E-state index in [2.05, 4.69) is 15.0 Å². The number of nitrogens with zero attached hydrogens (tertiary/aromatic N) is 4. The maximum atomic E-state index is 14.2. The van der Waals surface area contributed by atoms with Crippen molar-refractivity contribution in [2.45, 2.75) is 20.0 Å². The molecule has 0 amide bonds. The maximum absolute atomic E-state index is 14.2. The molecule has 128 valence electrons. The highest BCUT2D eigenvalue weighted by Gasteiger charge is 2.21. The van der Waals surface area contributed by atoms with Crippen LogP contribution in [0.15, 0.2) is 22.7 Å². The largest absolute Gasteiger partial charge is 0.367 e. The summed E-state index contributed by atoms with van der Waals surface area (Å²) in [6, 6.07) is 4.65. The Labute approximate surface area is 139 Å². The Morgan fingerprint density at radius 2 is 2.08 bits per heavy atom. The number of carbonyl (C=O) groups is 1. The van der Waals surface area contributed by atoms with Crippen molar-refractivity contribution in [3.8, 4) is 0 Å². The zero-order chi connectivity index (χ0) is 17.1. The monoisotopic (exact) mass is 333 g/mol. The Morgan fingerprint density at radius 3 is 2.67 bits per heavy atom. The second-order valence-corrected chi connectivity index (χ2v) is 5.79. The van der Waals surface area contributed by atoms with Crippen molar-refractivity contribution >= 4 is 11.5 Å². The van der Waals surface area contributed by atoms with Gasteiger partial charge in [0.2, 0.25) is 5.89 Å². The van der Waals surface area contributed by atoms with E-state index in [9.17, 15) is 9.18 Å². The van der Waals surface area contributed by atoms with Crippen LogP contribution in [0.4, 0.5) is 10.1 Å². The fourth-order valence-corrected chi connectivity index (χ4v) is 2.77. The van der Waals surface area contributed by atoms with Crippen molar-refractivity contribution in [3.63, 3.8) is 0 Å². The van der Waals surface area contributed by atoms with E-state index in [0.29, 0.717) is 42.6 Å². The number of nitrogens with two attached hydrogens (primary N) is 1. The molecule has 8 heteroatoms. The van der Waals surface area contributed by atoms with Crippen LogP contribution in [0.1, 0.15) is 29.0 Å². The highest BCUT2D eigenvalue weighted by Crippen LogP contribution is 2.22. The molecule has 0 bridgehead atoms. The summed E-state index contributed by atoms with van der Waals surface area (Å²) in [6.45, 7) is 5.16. The molecule has 1 aliphatic heterocycles. The van der Waals surface area contributed by atoms with E-state index in [0.717, 1.165) is 13.1 Å². The molecule has 2 heterocycles. The number of Topliss-reactive ketones (excluding diaryl/α,β-unsaturated/α-hetero) is 1. The van der Waals surface area contributed by atoms with E-state index >= 15 is 0 Å². The average Bonchev–Trinajstić information content (AvgIpc) is 3.03. The van der Waals surface area contributed by atoms with Gasteiger partial charge in [0.1, 0.15) is 5.82 Å². The van der Waals surface area contributed by atoms with Crippen molar-refractivity contribution in [2.24, 2.45) is 5.73 Å². The van der Waals surface area contributed by atoms with E-state index in [1.807, 2.05) is 4.90 Å². The van der Waals surface area contributed by atoms with Gasteiger partial charge in [-0.05, 0) is 25.1 Å². The van der Waals surface area contributed by atoms with Gasteiger partial charge in [0.15, 0.2) is 11.6 Å². The fraction of sp³-hybridized carbons (Fsp3) is 0.438. The lowest BCUT2D eigenvalue weighted by Gasteiger charge is -2.35. The van der Waals surface area contributed by atoms with Gasteiger partial charge in [0.25, 0.3) is 0 Å². The predicted molar refractivity (Wildman–Crippen MR) is 86.1 cm³/mol. The number of aromatic nitrogens is 2. The summed E-state index contributed by atoms with van der Waals surface area (Å²) in [6.07, 6.45) is 0. The van der Waals surface area contributed by atoms with Gasteiger partial charge >= 0.3 is 0 Å². The Hall–Kier alpha value is -2.32. The van der Waals surface area contributed by atoms with Gasteiger partial charge in [0, 0.05) is 31.7 Å². The molecule has 0 aliphatic carbocycles. The molecule has 0 saturated carbocycles. The molecule has 3 rings (SSSR count). The molecule has 0 radical (unpaired) electrons. The molecular formula is C16H20FN5O2. The third-order valence-corrected chi connectivity index (χ3v) is 4.12. The summed E-state index contributed by atoms with van der Waals surface area (Å²) >= 11 is 0. The number of hydrogen-bond donors (Lipinski definition) is 1. The highest BCUT2D eigenvalue weighted by molar-refractivity contribution is 5.94. The molecule has 2 N–H and O–H groups in total. The van der Waals surface area contributed by atoms with Crippen LogP contribution in [0.25, 0.3) is 0 Å². The van der Waals surface area contributed by atoms with Crippen LogP contribution in [0.5, 0.6) is 0 Å². The predicted octanol–water partition coefficient (Wildman–Crippen LogP) is 1.19. The topological polar surface area (TPSA) is 88.5 Å². The van der Waals surface area contributed by atoms with Crippen LogP contribution >= 0.6 is 0 Å². The Balaban J connectivity index is 1.59. The summed E-state index contributed by atoms with van der Waals surface area (Å²) < 4.78 is 19.2. The van der Waals surface area contributed by atoms with Gasteiger partial charge in [-0.3, -0.25) is 9.69 Å². The maximum Gasteiger partial charge on any atom is 0.240 e. The van der Waals surface area contributed by atoms with Crippen LogP contribution in [0.3, 0.4) is 0 Å². The van der Waals surface area contributed by atoms with Crippen molar-refractivity contribution in [3.05, 3.63) is 41.3 Å². The molecule has 0 spiro atoms. The van der Waals surface area contributed by atoms with Gasteiger partial charge in [-0.15, -0.1) is 0 Å². The number of rotatable bonds is 5. The highest BCUT2D eigenvalue weighted by atomic mass is 19.1. The molecule has 0 atom stereocenters. The van der Waals surface area contributed by atoms with Gasteiger partial charge in [-0.2, -0.15) is 4.98 Å². The minimum Gasteiger partial charge on any atom is -0.367 e. The Morgan fingerprint density at radius 1 is 1.33 bits per heavy atom. The minimum atomic E-state index is -0.359. The van der Waals surface area contributed by atoms with Gasteiger partial charge in [-0.25, -0.2) is 4.39 Å². The van der Waals surface area contributed by atoms with Crippen LogP contribution in [-0.4, -0.2) is 47.0 Å². The van der Waals surface area contributed by atoms with Gasteiger partial charge in [-0.1, -0.05) is 5.16 Å². The second kappa shape index (κ2) is 7.06. The lowest BCUT2D eigenvalue weighted by molar-refractivity contribution is 0.101. The molecule has 24 heavy (non-hydrogen) atoms. The zero-order valence-electron chi connectivity index (χ0n) is 13.5. The van der Waals surface area contributed by atoms with Crippen LogP contribution < -0.4 is 10.6 Å². The number of piperazine rings is 1. The first-order valence-electron chi connectivity index (χ1n) is 7.86. The third-order valence-electron chi connectivity index (χ3n) is 4.12. The molecule has 1 aliphatic rings. The molecule has 0 unspecified atom stereocenters. The zero-order valence-corrected chi connectivity index (χ0v) is 13.5. The number of anilines is 1. The molecule has 1 fully saturated rings. The average molecular weight is 333 g/mol.